The maximum atomic E-state index is 12.8. The van der Waals surface area contributed by atoms with Crippen LogP contribution < -0.4 is 10.9 Å². The van der Waals surface area contributed by atoms with E-state index in [1.165, 1.54) is 43.9 Å². The summed E-state index contributed by atoms with van der Waals surface area (Å²) in [6.45, 7) is 6.97. The minimum absolute atomic E-state index is 0.00509. The number of thiophene rings is 1. The summed E-state index contributed by atoms with van der Waals surface area (Å²) in [5.41, 5.74) is -0.0547. The Balaban J connectivity index is 1.69. The summed E-state index contributed by atoms with van der Waals surface area (Å²) >= 11 is 2.88. The molecular weight excluding hydrogens is 378 g/mol. The number of hydrogen-bond donors (Lipinski definition) is 1. The van der Waals surface area contributed by atoms with Gasteiger partial charge in [-0.2, -0.15) is 0 Å². The molecule has 7 heteroatoms. The highest BCUT2D eigenvalue weighted by atomic mass is 32.2. The van der Waals surface area contributed by atoms with Gasteiger partial charge in [0.2, 0.25) is 5.91 Å². The molecule has 0 saturated heterocycles. The van der Waals surface area contributed by atoms with Crippen LogP contribution in [0, 0.1) is 5.92 Å². The fourth-order valence-corrected chi connectivity index (χ4v) is 5.30. The smallest absolute Gasteiger partial charge is 0.263 e. The standard InChI is InChI=1S/C20H27N3O2S2/c1-3-10-23-19(25)16-11-15(4-2)27-18(16)22-20(23)26-13-17(24)21-12-14-8-6-5-7-9-14/h3,11,14H,1,4-10,12-13H2,2H3,(H,21,24). The van der Waals surface area contributed by atoms with E-state index in [1.807, 2.05) is 6.07 Å². The number of carbonyl (C=O) groups is 1. The average molecular weight is 406 g/mol. The average Bonchev–Trinajstić information content (AvgIpc) is 3.11. The molecule has 1 amide bonds. The van der Waals surface area contributed by atoms with Gasteiger partial charge in [-0.25, -0.2) is 4.98 Å². The highest BCUT2D eigenvalue weighted by molar-refractivity contribution is 7.99. The highest BCUT2D eigenvalue weighted by Gasteiger charge is 2.17. The molecule has 0 aromatic carbocycles. The molecule has 0 radical (unpaired) electrons. The Kier molecular flexibility index (Phi) is 7.13. The molecule has 2 aromatic heterocycles. The first-order chi connectivity index (χ1) is 13.1. The van der Waals surface area contributed by atoms with Crippen molar-refractivity contribution in [3.8, 4) is 0 Å². The van der Waals surface area contributed by atoms with E-state index in [4.69, 9.17) is 0 Å². The van der Waals surface area contributed by atoms with Crippen LogP contribution in [0.4, 0.5) is 0 Å². The van der Waals surface area contributed by atoms with Gasteiger partial charge in [-0.1, -0.05) is 44.0 Å². The molecule has 0 unspecified atom stereocenters. The van der Waals surface area contributed by atoms with E-state index in [0.717, 1.165) is 22.7 Å². The fourth-order valence-electron chi connectivity index (χ4n) is 3.45. The van der Waals surface area contributed by atoms with Gasteiger partial charge in [0.25, 0.3) is 5.56 Å². The maximum Gasteiger partial charge on any atom is 0.263 e. The second kappa shape index (κ2) is 9.55. The summed E-state index contributed by atoms with van der Waals surface area (Å²) < 4.78 is 1.61. The zero-order chi connectivity index (χ0) is 19.2. The third-order valence-corrected chi connectivity index (χ3v) is 7.12. The molecule has 2 aromatic rings. The van der Waals surface area contributed by atoms with E-state index in [-0.39, 0.29) is 17.2 Å². The lowest BCUT2D eigenvalue weighted by Gasteiger charge is -2.21. The Morgan fingerprint density at radius 2 is 2.22 bits per heavy atom. The lowest BCUT2D eigenvalue weighted by molar-refractivity contribution is -0.118. The Morgan fingerprint density at radius 1 is 1.44 bits per heavy atom. The van der Waals surface area contributed by atoms with Gasteiger partial charge in [-0.15, -0.1) is 17.9 Å². The Morgan fingerprint density at radius 3 is 2.93 bits per heavy atom. The van der Waals surface area contributed by atoms with Crippen molar-refractivity contribution in [2.45, 2.75) is 57.1 Å². The maximum absolute atomic E-state index is 12.8. The molecule has 0 bridgehead atoms. The van der Waals surface area contributed by atoms with Gasteiger partial charge in [0.1, 0.15) is 4.83 Å². The topological polar surface area (TPSA) is 64.0 Å². The molecule has 1 N–H and O–H groups in total. The molecule has 2 heterocycles. The van der Waals surface area contributed by atoms with E-state index in [1.54, 1.807) is 22.0 Å². The first-order valence-electron chi connectivity index (χ1n) is 9.66. The zero-order valence-corrected chi connectivity index (χ0v) is 17.5. The van der Waals surface area contributed by atoms with E-state index >= 15 is 0 Å². The molecule has 5 nitrogen and oxygen atoms in total. The van der Waals surface area contributed by atoms with Gasteiger partial charge >= 0.3 is 0 Å². The van der Waals surface area contributed by atoms with Gasteiger partial charge in [0.05, 0.1) is 11.1 Å². The van der Waals surface area contributed by atoms with Crippen molar-refractivity contribution in [1.29, 1.82) is 0 Å². The van der Waals surface area contributed by atoms with Gasteiger partial charge in [-0.3, -0.25) is 14.2 Å². The number of fused-ring (bicyclic) bond motifs is 1. The van der Waals surface area contributed by atoms with Crippen LogP contribution in [0.1, 0.15) is 43.9 Å². The van der Waals surface area contributed by atoms with Gasteiger partial charge in [-0.05, 0) is 31.2 Å². The molecule has 3 rings (SSSR count). The van der Waals surface area contributed by atoms with E-state index < -0.39 is 0 Å². The fraction of sp³-hybridized carbons (Fsp3) is 0.550. The van der Waals surface area contributed by atoms with E-state index in [9.17, 15) is 9.59 Å². The third kappa shape index (κ3) is 5.02. The van der Waals surface area contributed by atoms with E-state index in [0.29, 0.717) is 23.0 Å². The third-order valence-electron chi connectivity index (χ3n) is 4.97. The molecule has 1 saturated carbocycles. The van der Waals surface area contributed by atoms with Crippen LogP contribution in [0.2, 0.25) is 0 Å². The van der Waals surface area contributed by atoms with Gasteiger partial charge in [0.15, 0.2) is 5.16 Å². The summed E-state index contributed by atoms with van der Waals surface area (Å²) in [6.07, 6.45) is 8.85. The number of nitrogens with zero attached hydrogens (tertiary/aromatic N) is 2. The quantitative estimate of drug-likeness (QED) is 0.410. The predicted octanol–water partition coefficient (Wildman–Crippen LogP) is 4.00. The minimum atomic E-state index is -0.0547. The molecule has 1 fully saturated rings. The number of hydrogen-bond acceptors (Lipinski definition) is 5. The van der Waals surface area contributed by atoms with Crippen molar-refractivity contribution in [3.63, 3.8) is 0 Å². The number of allylic oxidation sites excluding steroid dienone is 1. The number of aryl methyl sites for hydroxylation is 1. The molecule has 27 heavy (non-hydrogen) atoms. The van der Waals surface area contributed by atoms with Crippen molar-refractivity contribution in [2.24, 2.45) is 5.92 Å². The van der Waals surface area contributed by atoms with Crippen LogP contribution >= 0.6 is 23.1 Å². The minimum Gasteiger partial charge on any atom is -0.355 e. The number of aromatic nitrogens is 2. The number of nitrogens with one attached hydrogen (secondary N) is 1. The number of thioether (sulfide) groups is 1. The van der Waals surface area contributed by atoms with Gasteiger partial charge in [0, 0.05) is 18.0 Å². The lowest BCUT2D eigenvalue weighted by atomic mass is 9.89. The molecule has 0 atom stereocenters. The number of amides is 1. The van der Waals surface area contributed by atoms with Crippen molar-refractivity contribution in [2.75, 3.05) is 12.3 Å². The Hall–Kier alpha value is -1.60. The van der Waals surface area contributed by atoms with Crippen LogP contribution in [-0.4, -0.2) is 27.8 Å². The molecule has 0 spiro atoms. The Bertz CT molecular complexity index is 866. The van der Waals surface area contributed by atoms with Crippen LogP contribution in [-0.2, 0) is 17.8 Å². The second-order valence-corrected chi connectivity index (χ2v) is 9.04. The van der Waals surface area contributed by atoms with Crippen molar-refractivity contribution in [3.05, 3.63) is 34.0 Å². The summed E-state index contributed by atoms with van der Waals surface area (Å²) in [5, 5.41) is 4.29. The monoisotopic (exact) mass is 405 g/mol. The van der Waals surface area contributed by atoms with Crippen LogP contribution in [0.15, 0.2) is 28.7 Å². The summed E-state index contributed by atoms with van der Waals surface area (Å²) in [6, 6.07) is 1.93. The van der Waals surface area contributed by atoms with Crippen LogP contribution in [0.5, 0.6) is 0 Å². The molecule has 1 aliphatic rings. The van der Waals surface area contributed by atoms with Crippen molar-refractivity contribution < 1.29 is 4.79 Å². The molecule has 1 aliphatic carbocycles. The van der Waals surface area contributed by atoms with Crippen LogP contribution in [0.3, 0.4) is 0 Å². The lowest BCUT2D eigenvalue weighted by Crippen LogP contribution is -2.31. The highest BCUT2D eigenvalue weighted by Crippen LogP contribution is 2.25. The predicted molar refractivity (Wildman–Crippen MR) is 114 cm³/mol. The molecule has 146 valence electrons. The number of rotatable bonds is 8. The second-order valence-electron chi connectivity index (χ2n) is 6.98. The molecule has 0 aliphatic heterocycles. The summed E-state index contributed by atoms with van der Waals surface area (Å²) in [5.74, 6) is 0.888. The number of carbonyl (C=O) groups excluding carboxylic acids is 1. The summed E-state index contributed by atoms with van der Waals surface area (Å²) in [7, 11) is 0. The summed E-state index contributed by atoms with van der Waals surface area (Å²) in [4.78, 5) is 31.6. The first-order valence-corrected chi connectivity index (χ1v) is 11.5. The first kappa shape index (κ1) is 20.1. The van der Waals surface area contributed by atoms with Crippen LogP contribution in [0.25, 0.3) is 10.2 Å². The SMILES string of the molecule is C=CCn1c(SCC(=O)NCC2CCCCC2)nc2sc(CC)cc2c1=O. The largest absolute Gasteiger partial charge is 0.355 e. The zero-order valence-electron chi connectivity index (χ0n) is 15.8. The van der Waals surface area contributed by atoms with Gasteiger partial charge < -0.3 is 5.32 Å². The Labute approximate surface area is 168 Å². The van der Waals surface area contributed by atoms with Crippen molar-refractivity contribution >= 4 is 39.2 Å². The van der Waals surface area contributed by atoms with E-state index in [2.05, 4.69) is 23.8 Å². The normalized spacial score (nSPS) is 15.1. The van der Waals surface area contributed by atoms with Crippen molar-refractivity contribution in [1.82, 2.24) is 14.9 Å². The molecular formula is C20H27N3O2S2.